The molecule has 1 saturated heterocycles. The molecule has 1 unspecified atom stereocenters. The fraction of sp³-hybridized carbons (Fsp3) is 0.500. The molecule has 0 radical (unpaired) electrons. The highest BCUT2D eigenvalue weighted by atomic mass is 19.4. The van der Waals surface area contributed by atoms with Crippen LogP contribution in [0.2, 0.25) is 0 Å². The van der Waals surface area contributed by atoms with Gasteiger partial charge in [-0.15, -0.1) is 0 Å². The minimum absolute atomic E-state index is 0.215. The molecule has 7 heteroatoms. The molecule has 116 valence electrons. The molecule has 1 aromatic rings. The minimum Gasteiger partial charge on any atom is -0.338 e. The molecule has 1 amide bonds. The number of carbonyl (C=O) groups is 1. The smallest absolute Gasteiger partial charge is 0.338 e. The van der Waals surface area contributed by atoms with Crippen LogP contribution >= 0.6 is 0 Å². The molecule has 1 fully saturated rings. The second-order valence-electron chi connectivity index (χ2n) is 5.10. The number of rotatable bonds is 3. The Kier molecular flexibility index (Phi) is 4.84. The molecule has 0 bridgehead atoms. The number of benzene rings is 1. The predicted octanol–water partition coefficient (Wildman–Crippen LogP) is 1.39. The van der Waals surface area contributed by atoms with Gasteiger partial charge in [-0.2, -0.15) is 13.2 Å². The van der Waals surface area contributed by atoms with Gasteiger partial charge in [0.05, 0.1) is 6.54 Å². The average Bonchev–Trinajstić information content (AvgIpc) is 2.46. The molecule has 2 rings (SSSR count). The van der Waals surface area contributed by atoms with Crippen LogP contribution in [0.3, 0.4) is 0 Å². The summed E-state index contributed by atoms with van der Waals surface area (Å²) >= 11 is 0. The molecule has 1 aliphatic heterocycles. The van der Waals surface area contributed by atoms with Crippen LogP contribution in [0.4, 0.5) is 13.2 Å². The lowest BCUT2D eigenvalue weighted by Gasteiger charge is -2.36. The number of piperazine rings is 1. The Labute approximate surface area is 121 Å². The third-order valence-corrected chi connectivity index (χ3v) is 3.51. The van der Waals surface area contributed by atoms with E-state index in [1.165, 1.54) is 9.80 Å². The van der Waals surface area contributed by atoms with Gasteiger partial charge >= 0.3 is 6.18 Å². The summed E-state index contributed by atoms with van der Waals surface area (Å²) in [6, 6.07) is 8.19. The van der Waals surface area contributed by atoms with Gasteiger partial charge in [-0.25, -0.2) is 0 Å². The van der Waals surface area contributed by atoms with Gasteiger partial charge < -0.3 is 10.6 Å². The number of nitrogens with zero attached hydrogens (tertiary/aromatic N) is 2. The summed E-state index contributed by atoms with van der Waals surface area (Å²) in [5.41, 5.74) is 6.63. The average molecular weight is 301 g/mol. The van der Waals surface area contributed by atoms with Crippen LogP contribution in [0.25, 0.3) is 0 Å². The number of hydrogen-bond donors (Lipinski definition) is 1. The Balaban J connectivity index is 1.89. The molecule has 2 N–H and O–H groups in total. The van der Waals surface area contributed by atoms with Gasteiger partial charge in [-0.05, 0) is 5.56 Å². The fourth-order valence-corrected chi connectivity index (χ4v) is 2.38. The number of halogens is 3. The molecule has 0 spiro atoms. The number of nitrogens with two attached hydrogens (primary N) is 1. The van der Waals surface area contributed by atoms with Crippen molar-refractivity contribution in [1.82, 2.24) is 9.80 Å². The Hall–Kier alpha value is -1.60. The second kappa shape index (κ2) is 6.44. The van der Waals surface area contributed by atoms with Crippen LogP contribution in [0.5, 0.6) is 0 Å². The number of hydrogen-bond acceptors (Lipinski definition) is 3. The SMILES string of the molecule is NC(C(=O)N1CCN(CC(F)(F)F)CC1)c1ccccc1. The van der Waals surface area contributed by atoms with Crippen molar-refractivity contribution in [1.29, 1.82) is 0 Å². The molecule has 4 nitrogen and oxygen atoms in total. The van der Waals surface area contributed by atoms with Gasteiger partial charge in [-0.1, -0.05) is 30.3 Å². The van der Waals surface area contributed by atoms with Crippen molar-refractivity contribution in [3.63, 3.8) is 0 Å². The Morgan fingerprint density at radius 3 is 2.24 bits per heavy atom. The number of alkyl halides is 3. The topological polar surface area (TPSA) is 49.6 Å². The maximum atomic E-state index is 12.3. The lowest BCUT2D eigenvalue weighted by Crippen LogP contribution is -2.52. The van der Waals surface area contributed by atoms with E-state index in [4.69, 9.17) is 5.73 Å². The lowest BCUT2D eigenvalue weighted by atomic mass is 10.1. The molecule has 0 aromatic heterocycles. The second-order valence-corrected chi connectivity index (χ2v) is 5.10. The first-order valence-corrected chi connectivity index (χ1v) is 6.75. The van der Waals surface area contributed by atoms with Gasteiger partial charge in [0, 0.05) is 26.2 Å². The minimum atomic E-state index is -4.20. The Morgan fingerprint density at radius 2 is 1.71 bits per heavy atom. The van der Waals surface area contributed by atoms with Crippen LogP contribution in [-0.2, 0) is 4.79 Å². The van der Waals surface area contributed by atoms with E-state index < -0.39 is 18.8 Å². The summed E-state index contributed by atoms with van der Waals surface area (Å²) < 4.78 is 36.9. The van der Waals surface area contributed by atoms with E-state index in [-0.39, 0.29) is 32.1 Å². The van der Waals surface area contributed by atoms with E-state index in [0.29, 0.717) is 5.56 Å². The summed E-state index contributed by atoms with van der Waals surface area (Å²) in [6.07, 6.45) is -4.20. The summed E-state index contributed by atoms with van der Waals surface area (Å²) in [4.78, 5) is 15.1. The first kappa shape index (κ1) is 15.8. The van der Waals surface area contributed by atoms with Crippen LogP contribution in [0.15, 0.2) is 30.3 Å². The van der Waals surface area contributed by atoms with E-state index >= 15 is 0 Å². The molecule has 1 atom stereocenters. The largest absolute Gasteiger partial charge is 0.401 e. The quantitative estimate of drug-likeness (QED) is 0.918. The molecule has 1 heterocycles. The molecule has 1 aromatic carbocycles. The van der Waals surface area contributed by atoms with E-state index in [2.05, 4.69) is 0 Å². The highest BCUT2D eigenvalue weighted by molar-refractivity contribution is 5.83. The van der Waals surface area contributed by atoms with Gasteiger partial charge in [0.15, 0.2) is 0 Å². The third kappa shape index (κ3) is 4.44. The Morgan fingerprint density at radius 1 is 1.14 bits per heavy atom. The lowest BCUT2D eigenvalue weighted by molar-refractivity contribution is -0.152. The van der Waals surface area contributed by atoms with Gasteiger partial charge in [0.1, 0.15) is 6.04 Å². The van der Waals surface area contributed by atoms with Crippen LogP contribution in [0.1, 0.15) is 11.6 Å². The first-order chi connectivity index (χ1) is 9.87. The van der Waals surface area contributed by atoms with Crippen molar-refractivity contribution < 1.29 is 18.0 Å². The maximum Gasteiger partial charge on any atom is 0.401 e. The number of carbonyl (C=O) groups excluding carboxylic acids is 1. The van der Waals surface area contributed by atoms with Gasteiger partial charge in [0.25, 0.3) is 0 Å². The van der Waals surface area contributed by atoms with Crippen molar-refractivity contribution in [3.8, 4) is 0 Å². The van der Waals surface area contributed by atoms with E-state index in [9.17, 15) is 18.0 Å². The summed E-state index contributed by atoms with van der Waals surface area (Å²) in [5.74, 6) is -0.243. The molecule has 21 heavy (non-hydrogen) atoms. The summed E-state index contributed by atoms with van der Waals surface area (Å²) in [7, 11) is 0. The van der Waals surface area contributed by atoms with Crippen LogP contribution in [0, 0.1) is 0 Å². The van der Waals surface area contributed by atoms with E-state index in [0.717, 1.165) is 0 Å². The summed E-state index contributed by atoms with van der Waals surface area (Å²) in [5, 5.41) is 0. The predicted molar refractivity (Wildman–Crippen MR) is 72.4 cm³/mol. The molecule has 1 aliphatic rings. The normalized spacial score (nSPS) is 18.6. The zero-order valence-corrected chi connectivity index (χ0v) is 11.5. The monoisotopic (exact) mass is 301 g/mol. The molecular formula is C14H18F3N3O. The van der Waals surface area contributed by atoms with Gasteiger partial charge in [0.2, 0.25) is 5.91 Å². The zero-order chi connectivity index (χ0) is 15.5. The van der Waals surface area contributed by atoms with Crippen molar-refractivity contribution in [2.45, 2.75) is 12.2 Å². The maximum absolute atomic E-state index is 12.3. The fourth-order valence-electron chi connectivity index (χ4n) is 2.38. The van der Waals surface area contributed by atoms with Crippen molar-refractivity contribution in [3.05, 3.63) is 35.9 Å². The number of amides is 1. The van der Waals surface area contributed by atoms with E-state index in [1.807, 2.05) is 6.07 Å². The molecule has 0 saturated carbocycles. The summed E-state index contributed by atoms with van der Waals surface area (Å²) in [6.45, 7) is 0.0458. The van der Waals surface area contributed by atoms with E-state index in [1.54, 1.807) is 24.3 Å². The van der Waals surface area contributed by atoms with Gasteiger partial charge in [-0.3, -0.25) is 9.69 Å². The van der Waals surface area contributed by atoms with Crippen molar-refractivity contribution in [2.24, 2.45) is 5.73 Å². The highest BCUT2D eigenvalue weighted by Gasteiger charge is 2.33. The molecule has 0 aliphatic carbocycles. The zero-order valence-electron chi connectivity index (χ0n) is 11.5. The van der Waals surface area contributed by atoms with Crippen LogP contribution in [-0.4, -0.2) is 54.6 Å². The first-order valence-electron chi connectivity index (χ1n) is 6.75. The van der Waals surface area contributed by atoms with Crippen LogP contribution < -0.4 is 5.73 Å². The Bertz CT molecular complexity index is 470. The van der Waals surface area contributed by atoms with Crippen molar-refractivity contribution in [2.75, 3.05) is 32.7 Å². The third-order valence-electron chi connectivity index (χ3n) is 3.51. The highest BCUT2D eigenvalue weighted by Crippen LogP contribution is 2.19. The molecular weight excluding hydrogens is 283 g/mol. The van der Waals surface area contributed by atoms with Crippen molar-refractivity contribution >= 4 is 5.91 Å². The standard InChI is InChI=1S/C14H18F3N3O/c15-14(16,17)10-19-6-8-20(9-7-19)13(21)12(18)11-4-2-1-3-5-11/h1-5,12H,6-10,18H2.